The summed E-state index contributed by atoms with van der Waals surface area (Å²) in [6.45, 7) is 3.75. The average Bonchev–Trinajstić information content (AvgIpc) is 2.55. The number of benzene rings is 1. The van der Waals surface area contributed by atoms with Crippen LogP contribution in [-0.2, 0) is 14.3 Å². The summed E-state index contributed by atoms with van der Waals surface area (Å²) in [5.74, 6) is -1.99. The van der Waals surface area contributed by atoms with Gasteiger partial charge in [-0.15, -0.1) is 16.7 Å². The second-order valence-electron chi connectivity index (χ2n) is 4.12. The van der Waals surface area contributed by atoms with Crippen LogP contribution in [0.2, 0.25) is 0 Å². The third-order valence-corrected chi connectivity index (χ3v) is 2.77. The van der Waals surface area contributed by atoms with Gasteiger partial charge in [-0.1, -0.05) is 0 Å². The third kappa shape index (κ3) is 5.71. The van der Waals surface area contributed by atoms with Crippen LogP contribution in [0.1, 0.15) is 24.2 Å². The normalized spacial score (nSPS) is 12.0. The Kier molecular flexibility index (Phi) is 7.76. The molecule has 0 aromatic heterocycles. The van der Waals surface area contributed by atoms with E-state index in [1.165, 1.54) is 24.3 Å². The van der Waals surface area contributed by atoms with Crippen LogP contribution in [-0.4, -0.2) is 36.1 Å². The summed E-state index contributed by atoms with van der Waals surface area (Å²) in [6, 6.07) is 6.08. The van der Waals surface area contributed by atoms with Crippen molar-refractivity contribution in [1.82, 2.24) is 0 Å². The number of hydrogen-bond acceptors (Lipinski definition) is 7. The molecule has 0 atom stereocenters. The smallest absolute Gasteiger partial charge is 0.362 e. The van der Waals surface area contributed by atoms with Crippen molar-refractivity contribution in [3.05, 3.63) is 41.3 Å². The van der Waals surface area contributed by atoms with Crippen LogP contribution in [0.15, 0.2) is 46.0 Å². The zero-order chi connectivity index (χ0) is 17.2. The molecule has 0 aliphatic rings. The lowest BCUT2D eigenvalue weighted by molar-refractivity contribution is -0.138. The van der Waals surface area contributed by atoms with Gasteiger partial charge in [-0.25, -0.2) is 9.59 Å². The minimum Gasteiger partial charge on any atom is -0.508 e. The van der Waals surface area contributed by atoms with Gasteiger partial charge in [0, 0.05) is 0 Å². The fourth-order valence-electron chi connectivity index (χ4n) is 1.47. The molecule has 0 heterocycles. The van der Waals surface area contributed by atoms with Gasteiger partial charge in [0.25, 0.3) is 0 Å². The first-order valence-electron chi connectivity index (χ1n) is 6.87. The Morgan fingerprint density at radius 1 is 1.13 bits per heavy atom. The third-order valence-electron chi connectivity index (χ3n) is 2.51. The van der Waals surface area contributed by atoms with Crippen LogP contribution in [0.3, 0.4) is 0 Å². The molecule has 0 radical (unpaired) electrons. The lowest BCUT2D eigenvalue weighted by Crippen LogP contribution is -2.09. The molecule has 0 spiro atoms. The molecule has 8 heteroatoms. The Hall–Kier alpha value is -2.41. The SMILES string of the molecule is CCOC(=O)/C(N=Nc1ccc(C(=O)OCC)cc1)=C(\O)CCl. The largest absolute Gasteiger partial charge is 0.508 e. The number of halogens is 1. The van der Waals surface area contributed by atoms with E-state index in [-0.39, 0.29) is 24.8 Å². The molecule has 124 valence electrons. The lowest BCUT2D eigenvalue weighted by Gasteiger charge is -2.03. The quantitative estimate of drug-likeness (QED) is 0.269. The van der Waals surface area contributed by atoms with Gasteiger partial charge in [-0.05, 0) is 38.1 Å². The van der Waals surface area contributed by atoms with Crippen molar-refractivity contribution < 1.29 is 24.2 Å². The molecule has 23 heavy (non-hydrogen) atoms. The fourth-order valence-corrected chi connectivity index (χ4v) is 1.59. The zero-order valence-electron chi connectivity index (χ0n) is 12.8. The summed E-state index contributed by atoms with van der Waals surface area (Å²) < 4.78 is 9.62. The number of azo groups is 1. The Balaban J connectivity index is 2.93. The van der Waals surface area contributed by atoms with E-state index in [4.69, 9.17) is 21.1 Å². The first-order chi connectivity index (χ1) is 11.0. The molecule has 0 saturated carbocycles. The second-order valence-corrected chi connectivity index (χ2v) is 4.38. The van der Waals surface area contributed by atoms with Crippen molar-refractivity contribution in [1.29, 1.82) is 0 Å². The van der Waals surface area contributed by atoms with Gasteiger partial charge in [-0.3, -0.25) is 0 Å². The van der Waals surface area contributed by atoms with Crippen molar-refractivity contribution >= 4 is 29.2 Å². The molecule has 1 rings (SSSR count). The number of allylic oxidation sites excluding steroid dienone is 1. The number of hydrogen-bond donors (Lipinski definition) is 1. The first kappa shape index (κ1) is 18.6. The zero-order valence-corrected chi connectivity index (χ0v) is 13.5. The van der Waals surface area contributed by atoms with Gasteiger partial charge in [0.15, 0.2) is 0 Å². The van der Waals surface area contributed by atoms with E-state index in [1.807, 2.05) is 0 Å². The van der Waals surface area contributed by atoms with Crippen LogP contribution in [0.5, 0.6) is 0 Å². The number of nitrogens with zero attached hydrogens (tertiary/aromatic N) is 2. The van der Waals surface area contributed by atoms with Gasteiger partial charge < -0.3 is 14.6 Å². The van der Waals surface area contributed by atoms with Crippen LogP contribution >= 0.6 is 11.6 Å². The maximum atomic E-state index is 11.7. The average molecular weight is 341 g/mol. The second kappa shape index (κ2) is 9.58. The number of aliphatic hydroxyl groups excluding tert-OH is 1. The molecule has 0 saturated heterocycles. The highest BCUT2D eigenvalue weighted by Gasteiger charge is 2.16. The number of carbonyl (C=O) groups is 2. The highest BCUT2D eigenvalue weighted by molar-refractivity contribution is 6.19. The maximum absolute atomic E-state index is 11.7. The molecule has 0 aliphatic carbocycles. The van der Waals surface area contributed by atoms with E-state index in [0.717, 1.165) is 0 Å². The van der Waals surface area contributed by atoms with Crippen LogP contribution < -0.4 is 0 Å². The summed E-state index contributed by atoms with van der Waals surface area (Å²) in [6.07, 6.45) is 0. The van der Waals surface area contributed by atoms with Crippen molar-refractivity contribution in [2.75, 3.05) is 19.1 Å². The van der Waals surface area contributed by atoms with E-state index in [0.29, 0.717) is 11.3 Å². The summed E-state index contributed by atoms with van der Waals surface area (Å²) >= 11 is 5.49. The van der Waals surface area contributed by atoms with Gasteiger partial charge >= 0.3 is 11.9 Å². The Labute approximate surface area is 138 Å². The van der Waals surface area contributed by atoms with E-state index in [1.54, 1.807) is 13.8 Å². The minimum atomic E-state index is -0.822. The van der Waals surface area contributed by atoms with Crippen molar-refractivity contribution in [3.8, 4) is 0 Å². The fraction of sp³-hybridized carbons (Fsp3) is 0.333. The number of esters is 2. The molecule has 1 N–H and O–H groups in total. The van der Waals surface area contributed by atoms with E-state index >= 15 is 0 Å². The minimum absolute atomic E-state index is 0.127. The van der Waals surface area contributed by atoms with Crippen LogP contribution in [0.4, 0.5) is 5.69 Å². The number of ether oxygens (including phenoxy) is 2. The van der Waals surface area contributed by atoms with Crippen LogP contribution in [0.25, 0.3) is 0 Å². The molecular weight excluding hydrogens is 324 g/mol. The predicted octanol–water partition coefficient (Wildman–Crippen LogP) is 3.52. The number of alkyl halides is 1. The first-order valence-corrected chi connectivity index (χ1v) is 7.41. The summed E-state index contributed by atoms with van der Waals surface area (Å²) in [7, 11) is 0. The number of aliphatic hydroxyl groups is 1. The summed E-state index contributed by atoms with van der Waals surface area (Å²) in [4.78, 5) is 23.2. The molecule has 1 aromatic carbocycles. The van der Waals surface area contributed by atoms with Crippen molar-refractivity contribution in [2.45, 2.75) is 13.8 Å². The van der Waals surface area contributed by atoms with Gasteiger partial charge in [0.2, 0.25) is 5.70 Å². The Morgan fingerprint density at radius 3 is 2.26 bits per heavy atom. The molecule has 0 unspecified atom stereocenters. The van der Waals surface area contributed by atoms with Crippen molar-refractivity contribution in [3.63, 3.8) is 0 Å². The Morgan fingerprint density at radius 2 is 1.74 bits per heavy atom. The topological polar surface area (TPSA) is 97.6 Å². The highest BCUT2D eigenvalue weighted by atomic mass is 35.5. The monoisotopic (exact) mass is 340 g/mol. The molecule has 0 aliphatic heterocycles. The summed E-state index contributed by atoms with van der Waals surface area (Å²) in [5, 5.41) is 17.1. The van der Waals surface area contributed by atoms with Crippen molar-refractivity contribution in [2.24, 2.45) is 10.2 Å². The molecule has 7 nitrogen and oxygen atoms in total. The number of rotatable bonds is 7. The molecular formula is C15H17ClN2O5. The lowest BCUT2D eigenvalue weighted by atomic mass is 10.2. The van der Waals surface area contributed by atoms with Crippen LogP contribution in [0, 0.1) is 0 Å². The van der Waals surface area contributed by atoms with Gasteiger partial charge in [-0.2, -0.15) is 5.11 Å². The van der Waals surface area contributed by atoms with E-state index in [2.05, 4.69) is 10.2 Å². The van der Waals surface area contributed by atoms with Gasteiger partial charge in [0.05, 0.1) is 30.3 Å². The Bertz CT molecular complexity index is 611. The number of carbonyl (C=O) groups excluding carboxylic acids is 2. The van der Waals surface area contributed by atoms with Gasteiger partial charge in [0.1, 0.15) is 5.76 Å². The molecule has 0 amide bonds. The highest BCUT2D eigenvalue weighted by Crippen LogP contribution is 2.17. The molecule has 0 bridgehead atoms. The maximum Gasteiger partial charge on any atom is 0.362 e. The van der Waals surface area contributed by atoms with E-state index in [9.17, 15) is 14.7 Å². The molecule has 0 fully saturated rings. The van der Waals surface area contributed by atoms with E-state index < -0.39 is 17.7 Å². The summed E-state index contributed by atoms with van der Waals surface area (Å²) in [5.41, 5.74) is 0.383. The standard InChI is InChI=1S/C15H17ClN2O5/c1-3-22-14(20)10-5-7-11(8-6-10)17-18-13(12(19)9-16)15(21)23-4-2/h5-8,19H,3-4,9H2,1-2H3/b13-12+,18-17?. The predicted molar refractivity (Wildman–Crippen MR) is 83.9 cm³/mol. The molecule has 1 aromatic rings.